The van der Waals surface area contributed by atoms with Crippen molar-refractivity contribution in [2.75, 3.05) is 14.2 Å². The second-order valence-electron chi connectivity index (χ2n) is 4.87. The predicted octanol–water partition coefficient (Wildman–Crippen LogP) is 3.23. The summed E-state index contributed by atoms with van der Waals surface area (Å²) in [4.78, 5) is 0. The van der Waals surface area contributed by atoms with Gasteiger partial charge in [-0.3, -0.25) is 0 Å². The van der Waals surface area contributed by atoms with Crippen LogP contribution in [0, 0.1) is 12.8 Å². The van der Waals surface area contributed by atoms with Gasteiger partial charge in [0, 0.05) is 6.04 Å². The van der Waals surface area contributed by atoms with Crippen LogP contribution >= 0.6 is 12.4 Å². The van der Waals surface area contributed by atoms with Crippen LogP contribution < -0.4 is 15.2 Å². The van der Waals surface area contributed by atoms with Crippen molar-refractivity contribution in [2.24, 2.45) is 11.7 Å². The third kappa shape index (κ3) is 3.30. The average Bonchev–Trinajstić information content (AvgIpc) is 3.11. The number of methoxy groups -OCH3 is 2. The Labute approximate surface area is 115 Å². The molecule has 3 nitrogen and oxygen atoms in total. The van der Waals surface area contributed by atoms with Crippen LogP contribution in [0.5, 0.6) is 11.5 Å². The molecular formula is C14H22ClNO2. The maximum Gasteiger partial charge on any atom is 0.127 e. The highest BCUT2D eigenvalue weighted by atomic mass is 35.5. The molecule has 1 aliphatic carbocycles. The molecule has 0 heterocycles. The van der Waals surface area contributed by atoms with Crippen molar-refractivity contribution in [3.05, 3.63) is 23.3 Å². The maximum absolute atomic E-state index is 6.28. The van der Waals surface area contributed by atoms with E-state index in [0.29, 0.717) is 0 Å². The van der Waals surface area contributed by atoms with Crippen LogP contribution in [0.25, 0.3) is 0 Å². The van der Waals surface area contributed by atoms with Gasteiger partial charge in [0.1, 0.15) is 11.5 Å². The summed E-state index contributed by atoms with van der Waals surface area (Å²) < 4.78 is 10.9. The van der Waals surface area contributed by atoms with Gasteiger partial charge < -0.3 is 15.2 Å². The lowest BCUT2D eigenvalue weighted by atomic mass is 9.98. The molecule has 0 saturated heterocycles. The second kappa shape index (κ2) is 6.30. The van der Waals surface area contributed by atoms with E-state index in [4.69, 9.17) is 15.2 Å². The maximum atomic E-state index is 6.28. The summed E-state index contributed by atoms with van der Waals surface area (Å²) in [5, 5.41) is 0. The van der Waals surface area contributed by atoms with Gasteiger partial charge in [0.15, 0.2) is 0 Å². The number of benzene rings is 1. The molecule has 0 aromatic heterocycles. The monoisotopic (exact) mass is 271 g/mol. The van der Waals surface area contributed by atoms with E-state index in [9.17, 15) is 0 Å². The molecular weight excluding hydrogens is 250 g/mol. The van der Waals surface area contributed by atoms with E-state index in [1.165, 1.54) is 12.8 Å². The van der Waals surface area contributed by atoms with Crippen molar-refractivity contribution >= 4 is 12.4 Å². The molecule has 1 aromatic carbocycles. The van der Waals surface area contributed by atoms with Gasteiger partial charge in [-0.15, -0.1) is 12.4 Å². The van der Waals surface area contributed by atoms with E-state index in [-0.39, 0.29) is 18.4 Å². The molecule has 1 saturated carbocycles. The van der Waals surface area contributed by atoms with Crippen molar-refractivity contribution in [3.63, 3.8) is 0 Å². The van der Waals surface area contributed by atoms with Crippen molar-refractivity contribution in [3.8, 4) is 11.5 Å². The second-order valence-corrected chi connectivity index (χ2v) is 4.87. The molecule has 4 heteroatoms. The molecule has 1 aromatic rings. The average molecular weight is 272 g/mol. The molecule has 102 valence electrons. The highest BCUT2D eigenvalue weighted by molar-refractivity contribution is 5.85. The van der Waals surface area contributed by atoms with Crippen LogP contribution in [0.4, 0.5) is 0 Å². The van der Waals surface area contributed by atoms with Gasteiger partial charge in [0.2, 0.25) is 0 Å². The number of nitrogens with two attached hydrogens (primary N) is 1. The van der Waals surface area contributed by atoms with Gasteiger partial charge in [-0.25, -0.2) is 0 Å². The SMILES string of the molecule is COc1cc(C)cc(OC)c1[C@@H](N)CC1CC1.Cl. The predicted molar refractivity (Wildman–Crippen MR) is 75.8 cm³/mol. The van der Waals surface area contributed by atoms with Crippen molar-refractivity contribution < 1.29 is 9.47 Å². The summed E-state index contributed by atoms with van der Waals surface area (Å²) >= 11 is 0. The Morgan fingerprint density at radius 3 is 2.11 bits per heavy atom. The first kappa shape index (κ1) is 15.1. The van der Waals surface area contributed by atoms with Crippen LogP contribution in [-0.4, -0.2) is 14.2 Å². The van der Waals surface area contributed by atoms with Crippen molar-refractivity contribution in [2.45, 2.75) is 32.2 Å². The molecule has 0 unspecified atom stereocenters. The minimum absolute atomic E-state index is 0. The van der Waals surface area contributed by atoms with Gasteiger partial charge in [-0.1, -0.05) is 12.8 Å². The number of rotatable bonds is 5. The molecule has 0 amide bonds. The molecule has 1 fully saturated rings. The summed E-state index contributed by atoms with van der Waals surface area (Å²) in [6.07, 6.45) is 3.64. The molecule has 0 bridgehead atoms. The lowest BCUT2D eigenvalue weighted by Crippen LogP contribution is -2.14. The molecule has 1 atom stereocenters. The van der Waals surface area contributed by atoms with E-state index in [1.807, 2.05) is 19.1 Å². The zero-order valence-electron chi connectivity index (χ0n) is 11.2. The zero-order valence-corrected chi connectivity index (χ0v) is 12.0. The summed E-state index contributed by atoms with van der Waals surface area (Å²) in [6, 6.07) is 4.04. The van der Waals surface area contributed by atoms with Gasteiger partial charge in [0.05, 0.1) is 19.8 Å². The van der Waals surface area contributed by atoms with Crippen LogP contribution in [0.15, 0.2) is 12.1 Å². The van der Waals surface area contributed by atoms with Crippen molar-refractivity contribution in [1.82, 2.24) is 0 Å². The molecule has 0 aliphatic heterocycles. The van der Waals surface area contributed by atoms with Gasteiger partial charge in [0.25, 0.3) is 0 Å². The quantitative estimate of drug-likeness (QED) is 0.894. The summed E-state index contributed by atoms with van der Waals surface area (Å²) in [5.74, 6) is 2.48. The minimum atomic E-state index is 0. The minimum Gasteiger partial charge on any atom is -0.496 e. The van der Waals surface area contributed by atoms with Crippen LogP contribution in [-0.2, 0) is 0 Å². The first-order chi connectivity index (χ1) is 8.15. The normalized spacial score (nSPS) is 15.8. The Morgan fingerprint density at radius 1 is 1.22 bits per heavy atom. The molecule has 18 heavy (non-hydrogen) atoms. The summed E-state index contributed by atoms with van der Waals surface area (Å²) in [7, 11) is 3.36. The standard InChI is InChI=1S/C14H21NO2.ClH/c1-9-6-12(16-2)14(13(7-9)17-3)11(15)8-10-4-5-10;/h6-7,10-11H,4-5,8,15H2,1-3H3;1H/t11-;/m0./s1. The molecule has 1 aliphatic rings. The third-order valence-electron chi connectivity index (χ3n) is 3.34. The number of hydrogen-bond donors (Lipinski definition) is 1. The van der Waals surface area contributed by atoms with Crippen LogP contribution in [0.2, 0.25) is 0 Å². The molecule has 0 radical (unpaired) electrons. The first-order valence-electron chi connectivity index (χ1n) is 6.13. The van der Waals surface area contributed by atoms with E-state index >= 15 is 0 Å². The lowest BCUT2D eigenvalue weighted by molar-refractivity contribution is 0.375. The van der Waals surface area contributed by atoms with Gasteiger partial charge >= 0.3 is 0 Å². The highest BCUT2D eigenvalue weighted by Gasteiger charge is 2.27. The smallest absolute Gasteiger partial charge is 0.127 e. The zero-order chi connectivity index (χ0) is 12.4. The Bertz CT molecular complexity index is 380. The van der Waals surface area contributed by atoms with E-state index in [1.54, 1.807) is 14.2 Å². The number of ether oxygens (including phenoxy) is 2. The molecule has 2 N–H and O–H groups in total. The fraction of sp³-hybridized carbons (Fsp3) is 0.571. The first-order valence-corrected chi connectivity index (χ1v) is 6.13. The van der Waals surface area contributed by atoms with Crippen LogP contribution in [0.1, 0.15) is 36.4 Å². The molecule has 0 spiro atoms. The summed E-state index contributed by atoms with van der Waals surface area (Å²) in [5.41, 5.74) is 8.41. The van der Waals surface area contributed by atoms with Crippen LogP contribution in [0.3, 0.4) is 0 Å². The third-order valence-corrected chi connectivity index (χ3v) is 3.34. The van der Waals surface area contributed by atoms with E-state index in [0.717, 1.165) is 35.0 Å². The van der Waals surface area contributed by atoms with Gasteiger partial charge in [-0.2, -0.15) is 0 Å². The lowest BCUT2D eigenvalue weighted by Gasteiger charge is -2.19. The fourth-order valence-electron chi connectivity index (χ4n) is 2.27. The Hall–Kier alpha value is -0.930. The Kier molecular flexibility index (Phi) is 5.29. The highest BCUT2D eigenvalue weighted by Crippen LogP contribution is 2.42. The summed E-state index contributed by atoms with van der Waals surface area (Å²) in [6.45, 7) is 2.03. The Morgan fingerprint density at radius 2 is 1.72 bits per heavy atom. The van der Waals surface area contributed by atoms with Gasteiger partial charge in [-0.05, 0) is 37.0 Å². The van der Waals surface area contributed by atoms with E-state index < -0.39 is 0 Å². The van der Waals surface area contributed by atoms with Crippen molar-refractivity contribution in [1.29, 1.82) is 0 Å². The number of halogens is 1. The molecule has 2 rings (SSSR count). The van der Waals surface area contributed by atoms with E-state index in [2.05, 4.69) is 0 Å². The Balaban J connectivity index is 0.00000162. The fourth-order valence-corrected chi connectivity index (χ4v) is 2.27. The largest absolute Gasteiger partial charge is 0.496 e. The number of aryl methyl sites for hydroxylation is 1. The topological polar surface area (TPSA) is 44.5 Å². The number of hydrogen-bond acceptors (Lipinski definition) is 3.